The quantitative estimate of drug-likeness (QED) is 0.108. The summed E-state index contributed by atoms with van der Waals surface area (Å²) in [5.74, 6) is -0.512. The summed E-state index contributed by atoms with van der Waals surface area (Å²) < 4.78 is 9.19. The molecule has 0 atom stereocenters. The van der Waals surface area contributed by atoms with Crippen molar-refractivity contribution in [3.63, 3.8) is 0 Å². The molecule has 7 aromatic rings. The van der Waals surface area contributed by atoms with E-state index >= 15 is 0 Å². The molecule has 4 heteroatoms. The van der Waals surface area contributed by atoms with E-state index < -0.39 is 5.89 Å². The van der Waals surface area contributed by atoms with Gasteiger partial charge in [0.15, 0.2) is 0 Å². The van der Waals surface area contributed by atoms with Gasteiger partial charge in [0.2, 0.25) is 0 Å². The van der Waals surface area contributed by atoms with Crippen LogP contribution < -0.4 is 0 Å². The Morgan fingerprint density at radius 3 is 1.28 bits per heavy atom. The number of pyridine rings is 3. The average Bonchev–Trinajstić information content (AvgIpc) is 3.27. The minimum atomic E-state index is -0.512. The van der Waals surface area contributed by atoms with Crippen molar-refractivity contribution in [1.29, 1.82) is 0 Å². The van der Waals surface area contributed by atoms with Gasteiger partial charge in [-0.1, -0.05) is 115 Å². The molecule has 1 fully saturated rings. The Morgan fingerprint density at radius 1 is 0.492 bits per heavy atom. The number of hydrogen-bond donors (Lipinski definition) is 0. The van der Waals surface area contributed by atoms with Crippen molar-refractivity contribution in [2.45, 2.75) is 115 Å². The van der Waals surface area contributed by atoms with Gasteiger partial charge in [-0.2, -0.15) is 0 Å². The van der Waals surface area contributed by atoms with Crippen molar-refractivity contribution in [1.82, 2.24) is 15.0 Å². The molecular weight excluding hydrogens is 919 g/mol. The Bertz CT molecular complexity index is 2420. The molecule has 3 aromatic heterocycles. The third kappa shape index (κ3) is 10.7. The van der Waals surface area contributed by atoms with Crippen LogP contribution in [0, 0.1) is 18.2 Å². The molecule has 310 valence electrons. The van der Waals surface area contributed by atoms with Gasteiger partial charge < -0.3 is 15.0 Å². The topological polar surface area (TPSA) is 38.7 Å². The summed E-state index contributed by atoms with van der Waals surface area (Å²) in [5, 5.41) is 0. The first-order chi connectivity index (χ1) is 29.3. The van der Waals surface area contributed by atoms with Crippen LogP contribution in [0.1, 0.15) is 120 Å². The molecule has 4 aromatic carbocycles. The van der Waals surface area contributed by atoms with Crippen molar-refractivity contribution < 1.29 is 21.5 Å². The number of nitrogens with zero attached hydrogens (tertiary/aromatic N) is 3. The van der Waals surface area contributed by atoms with Gasteiger partial charge in [0.25, 0.3) is 0 Å². The van der Waals surface area contributed by atoms with E-state index in [0.29, 0.717) is 0 Å². The van der Waals surface area contributed by atoms with Crippen molar-refractivity contribution in [3.05, 3.63) is 197 Å². The summed E-state index contributed by atoms with van der Waals surface area (Å²) in [5.41, 5.74) is 14.2. The summed E-state index contributed by atoms with van der Waals surface area (Å²) in [4.78, 5) is 13.8. The van der Waals surface area contributed by atoms with Gasteiger partial charge in [-0.05, 0) is 106 Å². The number of hydrogen-bond acceptors (Lipinski definition) is 3. The molecule has 61 heavy (non-hydrogen) atoms. The second-order valence-corrected chi connectivity index (χ2v) is 18.8. The van der Waals surface area contributed by atoms with E-state index in [9.17, 15) is 1.37 Å². The molecule has 0 bridgehead atoms. The zero-order valence-electron chi connectivity index (χ0n) is 37.6. The van der Waals surface area contributed by atoms with E-state index in [1.54, 1.807) is 0 Å². The average molecular weight is 978 g/mol. The second kappa shape index (κ2) is 18.9. The maximum atomic E-state index is 9.19. The molecule has 1 aliphatic rings. The fourth-order valence-corrected chi connectivity index (χ4v) is 9.11. The third-order valence-electron chi connectivity index (χ3n) is 12.6. The first kappa shape index (κ1) is 42.7. The Kier molecular flexibility index (Phi) is 13.2. The van der Waals surface area contributed by atoms with E-state index in [1.165, 1.54) is 39.8 Å². The van der Waals surface area contributed by atoms with Crippen molar-refractivity contribution in [2.24, 2.45) is 0 Å². The molecule has 0 unspecified atom stereocenters. The van der Waals surface area contributed by atoms with Crippen LogP contribution in [-0.4, -0.2) is 15.0 Å². The molecule has 0 amide bonds. The second-order valence-electron chi connectivity index (χ2n) is 18.8. The van der Waals surface area contributed by atoms with Crippen LogP contribution in [0.4, 0.5) is 0 Å². The fourth-order valence-electron chi connectivity index (χ4n) is 9.11. The first-order valence-electron chi connectivity index (χ1n) is 22.2. The Hall–Kier alpha value is -5.02. The Balaban J connectivity index is 0.00000578. The first-order valence-corrected chi connectivity index (χ1v) is 21.7. The van der Waals surface area contributed by atoms with E-state index in [2.05, 4.69) is 149 Å². The van der Waals surface area contributed by atoms with Gasteiger partial charge in [0.05, 0.1) is 0 Å². The Morgan fingerprint density at radius 2 is 0.902 bits per heavy atom. The minimum absolute atomic E-state index is 0. The Labute approximate surface area is 380 Å². The van der Waals surface area contributed by atoms with Crippen LogP contribution in [0.3, 0.4) is 0 Å². The zero-order chi connectivity index (χ0) is 42.7. The minimum Gasteiger partial charge on any atom is -0.305 e. The fraction of sp³-hybridized carbons (Fsp3) is 0.316. The van der Waals surface area contributed by atoms with Gasteiger partial charge >= 0.3 is 20.1 Å². The van der Waals surface area contributed by atoms with Gasteiger partial charge in [-0.25, -0.2) is 0 Å². The summed E-state index contributed by atoms with van der Waals surface area (Å²) in [7, 11) is 0. The van der Waals surface area contributed by atoms with Gasteiger partial charge in [-0.3, -0.25) is 0 Å². The third-order valence-corrected chi connectivity index (χ3v) is 12.6. The van der Waals surface area contributed by atoms with Crippen molar-refractivity contribution >= 4 is 0 Å². The molecule has 3 nitrogen and oxygen atoms in total. The van der Waals surface area contributed by atoms with Crippen LogP contribution in [0.2, 0.25) is 0 Å². The van der Waals surface area contributed by atoms with Crippen LogP contribution in [0.25, 0.3) is 33.8 Å². The summed E-state index contributed by atoms with van der Waals surface area (Å²) >= 11 is 0. The number of benzene rings is 4. The molecule has 0 radical (unpaired) electrons. The van der Waals surface area contributed by atoms with E-state index in [1.807, 2.05) is 61.1 Å². The van der Waals surface area contributed by atoms with Crippen molar-refractivity contribution in [3.8, 4) is 33.8 Å². The zero-order valence-corrected chi connectivity index (χ0v) is 39.0. The predicted octanol–water partition coefficient (Wildman–Crippen LogP) is 13.9. The molecule has 3 heterocycles. The largest absolute Gasteiger partial charge is 3.00 e. The van der Waals surface area contributed by atoms with Crippen LogP contribution in [0.5, 0.6) is 0 Å². The van der Waals surface area contributed by atoms with Gasteiger partial charge in [0.1, 0.15) is 0 Å². The van der Waals surface area contributed by atoms with Gasteiger partial charge in [-0.15, -0.1) is 106 Å². The molecule has 0 aliphatic heterocycles. The molecule has 0 saturated heterocycles. The maximum Gasteiger partial charge on any atom is 3.00 e. The number of aromatic nitrogens is 3. The van der Waals surface area contributed by atoms with Crippen molar-refractivity contribution in [2.75, 3.05) is 0 Å². The normalized spacial score (nSPS) is 14.5. The molecule has 0 spiro atoms. The maximum absolute atomic E-state index is 9.19. The molecule has 1 saturated carbocycles. The number of rotatable bonds is 13. The standard InChI is InChI=1S/C57H58N3.Ir/c1-55(2,49-24-18-45(19-25-49)52-16-10-12-31-58-52)38-41-34-42(39-56(3,4)50-26-20-46(21-27-50)53-17-11-13-32-59-53)36-43(35-41)40-57(5,6)51-28-22-47(23-29-51)54-37-48(30-33-60-54)44-14-8-7-9-15-44;/h10-13,16-18,20,22,24-37,44H,7-9,14-15,38-40H2,1-6H3;/q-3;+3/i44D;. The monoisotopic (exact) mass is 978 g/mol. The predicted molar refractivity (Wildman–Crippen MR) is 248 cm³/mol. The molecule has 0 N–H and O–H groups in total. The van der Waals surface area contributed by atoms with Crippen LogP contribution >= 0.6 is 0 Å². The smallest absolute Gasteiger partial charge is 0.305 e. The molecular formula is C57H58IrN3. The summed E-state index contributed by atoms with van der Waals surface area (Å²) in [6, 6.07) is 53.8. The van der Waals surface area contributed by atoms with Gasteiger partial charge in [0, 0.05) is 20.0 Å². The van der Waals surface area contributed by atoms with E-state index in [-0.39, 0.29) is 36.4 Å². The SMILES string of the molecule is [2H]C1(c2ccnc(-c3[c-]cc(C(C)(C)Cc4cc(CC(C)(C)c5c[c-]c(-c6ccccn6)cc5)cc(CC(C)(C)c5c[c-]c(-c6ccccn6)cc5)c4)cc3)c2)CCCCC1.[Ir+3]. The molecule has 8 rings (SSSR count). The van der Waals surface area contributed by atoms with Crippen LogP contribution in [0.15, 0.2) is 140 Å². The summed E-state index contributed by atoms with van der Waals surface area (Å²) in [6.45, 7) is 14.1. The van der Waals surface area contributed by atoms with Crippen LogP contribution in [-0.2, 0) is 55.6 Å². The molecule has 1 aliphatic carbocycles. The van der Waals surface area contributed by atoms with E-state index in [4.69, 9.17) is 4.98 Å². The summed E-state index contributed by atoms with van der Waals surface area (Å²) in [6.07, 6.45) is 13.5. The van der Waals surface area contributed by atoms with E-state index in [0.717, 1.165) is 84.3 Å².